The van der Waals surface area contributed by atoms with Crippen molar-refractivity contribution in [2.45, 2.75) is 26.3 Å². The van der Waals surface area contributed by atoms with Crippen molar-refractivity contribution < 1.29 is 19.4 Å². The van der Waals surface area contributed by atoms with E-state index in [0.717, 1.165) is 5.56 Å². The van der Waals surface area contributed by atoms with Crippen molar-refractivity contribution in [2.24, 2.45) is 0 Å². The van der Waals surface area contributed by atoms with E-state index in [-0.39, 0.29) is 18.9 Å². The molecule has 1 atom stereocenters. The fraction of sp³-hybridized carbons (Fsp3) is 0.385. The topological polar surface area (TPSA) is 75.6 Å². The molecular weight excluding hydrogens is 234 g/mol. The Labute approximate surface area is 106 Å². The van der Waals surface area contributed by atoms with Crippen LogP contribution in [-0.4, -0.2) is 29.6 Å². The lowest BCUT2D eigenvalue weighted by molar-refractivity contribution is -0.137. The molecule has 0 aliphatic heterocycles. The van der Waals surface area contributed by atoms with Crippen LogP contribution in [0.1, 0.15) is 18.9 Å². The number of carboxylic acids is 1. The standard InChI is InChI=1S/C13H17NO4/c1-9-5-3-4-6-11(9)18-8-12(15)14-10(2)7-13(16)17/h3-6,10H,7-8H2,1-2H3,(H,14,15)(H,16,17). The number of amides is 1. The summed E-state index contributed by atoms with van der Waals surface area (Å²) in [5.74, 6) is -0.617. The van der Waals surface area contributed by atoms with Crippen molar-refractivity contribution in [1.82, 2.24) is 5.32 Å². The summed E-state index contributed by atoms with van der Waals surface area (Å²) in [7, 11) is 0. The molecule has 1 amide bonds. The van der Waals surface area contributed by atoms with E-state index >= 15 is 0 Å². The van der Waals surface area contributed by atoms with Crippen LogP contribution in [0.4, 0.5) is 0 Å². The molecule has 1 unspecified atom stereocenters. The number of aryl methyl sites for hydroxylation is 1. The molecule has 1 aromatic rings. The van der Waals surface area contributed by atoms with Gasteiger partial charge in [0.2, 0.25) is 0 Å². The predicted octanol–water partition coefficient (Wildman–Crippen LogP) is 1.35. The van der Waals surface area contributed by atoms with E-state index in [4.69, 9.17) is 9.84 Å². The van der Waals surface area contributed by atoms with E-state index in [1.54, 1.807) is 13.0 Å². The zero-order valence-corrected chi connectivity index (χ0v) is 10.5. The first-order valence-electron chi connectivity index (χ1n) is 5.68. The first-order valence-corrected chi connectivity index (χ1v) is 5.68. The highest BCUT2D eigenvalue weighted by Gasteiger charge is 2.11. The molecule has 1 aromatic carbocycles. The minimum Gasteiger partial charge on any atom is -0.484 e. The maximum atomic E-state index is 11.5. The molecule has 2 N–H and O–H groups in total. The average Bonchev–Trinajstić information content (AvgIpc) is 2.26. The van der Waals surface area contributed by atoms with Gasteiger partial charge in [-0.05, 0) is 25.5 Å². The van der Waals surface area contributed by atoms with Crippen LogP contribution in [0.2, 0.25) is 0 Å². The molecule has 0 aliphatic carbocycles. The van der Waals surface area contributed by atoms with Crippen molar-refractivity contribution in [3.63, 3.8) is 0 Å². The summed E-state index contributed by atoms with van der Waals surface area (Å²) in [6.07, 6.45) is -0.101. The molecule has 0 fully saturated rings. The van der Waals surface area contributed by atoms with Crippen LogP contribution in [0, 0.1) is 6.92 Å². The summed E-state index contributed by atoms with van der Waals surface area (Å²) in [6.45, 7) is 3.41. The van der Waals surface area contributed by atoms with Crippen molar-refractivity contribution in [2.75, 3.05) is 6.61 Å². The van der Waals surface area contributed by atoms with Gasteiger partial charge in [0.15, 0.2) is 6.61 Å². The highest BCUT2D eigenvalue weighted by molar-refractivity contribution is 5.78. The summed E-state index contributed by atoms with van der Waals surface area (Å²) in [5.41, 5.74) is 0.948. The van der Waals surface area contributed by atoms with Crippen LogP contribution in [-0.2, 0) is 9.59 Å². The Morgan fingerprint density at radius 3 is 2.67 bits per heavy atom. The van der Waals surface area contributed by atoms with Crippen LogP contribution >= 0.6 is 0 Å². The summed E-state index contributed by atoms with van der Waals surface area (Å²) in [4.78, 5) is 21.9. The van der Waals surface area contributed by atoms with Gasteiger partial charge >= 0.3 is 5.97 Å². The fourth-order valence-electron chi connectivity index (χ4n) is 1.49. The van der Waals surface area contributed by atoms with Gasteiger partial charge in [-0.2, -0.15) is 0 Å². The van der Waals surface area contributed by atoms with Crippen LogP contribution in [0.3, 0.4) is 0 Å². The molecule has 5 heteroatoms. The molecule has 0 aliphatic rings. The second-order valence-corrected chi connectivity index (χ2v) is 4.12. The number of rotatable bonds is 6. The third-order valence-corrected chi connectivity index (χ3v) is 2.34. The van der Waals surface area contributed by atoms with Crippen LogP contribution in [0.25, 0.3) is 0 Å². The lowest BCUT2D eigenvalue weighted by Crippen LogP contribution is -2.37. The number of carboxylic acid groups (broad SMARTS) is 1. The van der Waals surface area contributed by atoms with E-state index in [0.29, 0.717) is 5.75 Å². The van der Waals surface area contributed by atoms with Crippen LogP contribution in [0.15, 0.2) is 24.3 Å². The Bertz CT molecular complexity index is 431. The number of hydrogen-bond donors (Lipinski definition) is 2. The van der Waals surface area contributed by atoms with E-state index in [9.17, 15) is 9.59 Å². The summed E-state index contributed by atoms with van der Waals surface area (Å²) in [6, 6.07) is 6.98. The molecule has 0 radical (unpaired) electrons. The Balaban J connectivity index is 2.38. The second-order valence-electron chi connectivity index (χ2n) is 4.12. The zero-order valence-electron chi connectivity index (χ0n) is 10.5. The summed E-state index contributed by atoms with van der Waals surface area (Å²) >= 11 is 0. The monoisotopic (exact) mass is 251 g/mol. The predicted molar refractivity (Wildman–Crippen MR) is 66.5 cm³/mol. The molecule has 0 spiro atoms. The third kappa shape index (κ3) is 4.86. The number of carbonyl (C=O) groups excluding carboxylic acids is 1. The van der Waals surface area contributed by atoms with Gasteiger partial charge in [-0.1, -0.05) is 18.2 Å². The maximum absolute atomic E-state index is 11.5. The van der Waals surface area contributed by atoms with E-state index in [1.807, 2.05) is 25.1 Å². The van der Waals surface area contributed by atoms with E-state index < -0.39 is 12.0 Å². The number of carbonyl (C=O) groups is 2. The van der Waals surface area contributed by atoms with Gasteiger partial charge in [0.1, 0.15) is 5.75 Å². The summed E-state index contributed by atoms with van der Waals surface area (Å²) in [5, 5.41) is 11.1. The lowest BCUT2D eigenvalue weighted by Gasteiger charge is -2.13. The molecule has 98 valence electrons. The Morgan fingerprint density at radius 1 is 1.39 bits per heavy atom. The molecule has 0 heterocycles. The number of nitrogens with one attached hydrogen (secondary N) is 1. The van der Waals surface area contributed by atoms with Gasteiger partial charge < -0.3 is 15.2 Å². The molecule has 0 aromatic heterocycles. The highest BCUT2D eigenvalue weighted by Crippen LogP contribution is 2.15. The molecule has 0 saturated heterocycles. The third-order valence-electron chi connectivity index (χ3n) is 2.34. The van der Waals surface area contributed by atoms with Crippen molar-refractivity contribution in [1.29, 1.82) is 0 Å². The SMILES string of the molecule is Cc1ccccc1OCC(=O)NC(C)CC(=O)O. The van der Waals surface area contributed by atoms with Crippen LogP contribution < -0.4 is 10.1 Å². The van der Waals surface area contributed by atoms with E-state index in [2.05, 4.69) is 5.32 Å². The summed E-state index contributed by atoms with van der Waals surface area (Å²) < 4.78 is 5.34. The number of para-hydroxylation sites is 1. The Kier molecular flexibility index (Phi) is 5.17. The van der Waals surface area contributed by atoms with Crippen molar-refractivity contribution >= 4 is 11.9 Å². The lowest BCUT2D eigenvalue weighted by atomic mass is 10.2. The minimum atomic E-state index is -0.942. The Hall–Kier alpha value is -2.04. The molecule has 18 heavy (non-hydrogen) atoms. The number of aliphatic carboxylic acids is 1. The number of benzene rings is 1. The van der Waals surface area contributed by atoms with Gasteiger partial charge in [-0.15, -0.1) is 0 Å². The average molecular weight is 251 g/mol. The first-order chi connectivity index (χ1) is 8.49. The number of ether oxygens (including phenoxy) is 1. The van der Waals surface area contributed by atoms with Crippen molar-refractivity contribution in [3.05, 3.63) is 29.8 Å². The van der Waals surface area contributed by atoms with Gasteiger partial charge in [-0.25, -0.2) is 0 Å². The fourth-order valence-corrected chi connectivity index (χ4v) is 1.49. The molecule has 0 bridgehead atoms. The van der Waals surface area contributed by atoms with E-state index in [1.165, 1.54) is 0 Å². The second kappa shape index (κ2) is 6.64. The smallest absolute Gasteiger partial charge is 0.305 e. The first kappa shape index (κ1) is 14.0. The minimum absolute atomic E-state index is 0.101. The molecular formula is C13H17NO4. The maximum Gasteiger partial charge on any atom is 0.305 e. The van der Waals surface area contributed by atoms with Gasteiger partial charge in [0.05, 0.1) is 6.42 Å². The molecule has 5 nitrogen and oxygen atoms in total. The molecule has 0 saturated carbocycles. The largest absolute Gasteiger partial charge is 0.484 e. The highest BCUT2D eigenvalue weighted by atomic mass is 16.5. The molecule has 1 rings (SSSR count). The van der Waals surface area contributed by atoms with Gasteiger partial charge in [0.25, 0.3) is 5.91 Å². The Morgan fingerprint density at radius 2 is 2.06 bits per heavy atom. The van der Waals surface area contributed by atoms with Crippen molar-refractivity contribution in [3.8, 4) is 5.75 Å². The quantitative estimate of drug-likeness (QED) is 0.800. The normalized spacial score (nSPS) is 11.7. The number of hydrogen-bond acceptors (Lipinski definition) is 3. The van der Waals surface area contributed by atoms with Gasteiger partial charge in [-0.3, -0.25) is 9.59 Å². The zero-order chi connectivity index (χ0) is 13.5. The van der Waals surface area contributed by atoms with Gasteiger partial charge in [0, 0.05) is 6.04 Å². The van der Waals surface area contributed by atoms with Crippen LogP contribution in [0.5, 0.6) is 5.75 Å².